The fraction of sp³-hybridized carbons (Fsp3) is 0.500. The molecule has 0 saturated heterocycles. The highest BCUT2D eigenvalue weighted by Crippen LogP contribution is 2.26. The minimum atomic E-state index is -0.0809. The Morgan fingerprint density at radius 1 is 1.53 bits per heavy atom. The van der Waals surface area contributed by atoms with Gasteiger partial charge >= 0.3 is 0 Å². The predicted octanol–water partition coefficient (Wildman–Crippen LogP) is 0.675. The number of rotatable bonds is 5. The first-order valence-electron chi connectivity index (χ1n) is 5.37. The van der Waals surface area contributed by atoms with Gasteiger partial charge in [-0.1, -0.05) is 11.6 Å². The smallest absolute Gasteiger partial charge is 0.239 e. The summed E-state index contributed by atoms with van der Waals surface area (Å²) in [6.07, 6.45) is 1.33. The van der Waals surface area contributed by atoms with Crippen molar-refractivity contribution in [3.05, 3.63) is 11.3 Å². The number of amides is 1. The number of halogens is 1. The molecule has 17 heavy (non-hydrogen) atoms. The van der Waals surface area contributed by atoms with E-state index in [1.165, 1.54) is 6.33 Å². The number of carbonyl (C=O) groups excluding carboxylic acids is 1. The maximum atomic E-state index is 11.5. The van der Waals surface area contributed by atoms with Gasteiger partial charge in [-0.2, -0.15) is 0 Å². The zero-order chi connectivity index (χ0) is 12.8. The molecule has 94 valence electrons. The van der Waals surface area contributed by atoms with E-state index in [0.29, 0.717) is 18.9 Å². The van der Waals surface area contributed by atoms with E-state index in [1.54, 1.807) is 4.90 Å². The van der Waals surface area contributed by atoms with Crippen molar-refractivity contribution < 1.29 is 4.79 Å². The Bertz CT molecular complexity index is 398. The number of nitrogen functional groups attached to an aromatic ring is 1. The van der Waals surface area contributed by atoms with E-state index in [1.807, 2.05) is 13.8 Å². The predicted molar refractivity (Wildman–Crippen MR) is 68.0 cm³/mol. The molecule has 0 aliphatic carbocycles. The summed E-state index contributed by atoms with van der Waals surface area (Å²) in [7, 11) is 0. The molecule has 6 nitrogen and oxygen atoms in total. The summed E-state index contributed by atoms with van der Waals surface area (Å²) in [4.78, 5) is 21.1. The lowest BCUT2D eigenvalue weighted by Crippen LogP contribution is -2.37. The molecule has 0 atom stereocenters. The van der Waals surface area contributed by atoms with E-state index in [4.69, 9.17) is 17.3 Å². The van der Waals surface area contributed by atoms with Crippen LogP contribution < -0.4 is 16.0 Å². The molecular weight excluding hydrogens is 242 g/mol. The summed E-state index contributed by atoms with van der Waals surface area (Å²) >= 11 is 6.00. The lowest BCUT2D eigenvalue weighted by Gasteiger charge is -2.22. The molecule has 0 saturated carbocycles. The van der Waals surface area contributed by atoms with Gasteiger partial charge in [0.25, 0.3) is 0 Å². The molecule has 0 fully saturated rings. The highest BCUT2D eigenvalue weighted by atomic mass is 35.5. The Kier molecular flexibility index (Phi) is 4.96. The Morgan fingerprint density at radius 3 is 2.82 bits per heavy atom. The largest absolute Gasteiger partial charge is 0.382 e. The van der Waals surface area contributed by atoms with Crippen molar-refractivity contribution in [2.75, 3.05) is 30.3 Å². The lowest BCUT2D eigenvalue weighted by atomic mass is 10.4. The molecule has 0 radical (unpaired) electrons. The first kappa shape index (κ1) is 13.5. The summed E-state index contributed by atoms with van der Waals surface area (Å²) in [6.45, 7) is 5.17. The quantitative estimate of drug-likeness (QED) is 0.810. The van der Waals surface area contributed by atoms with E-state index in [-0.39, 0.29) is 23.3 Å². The van der Waals surface area contributed by atoms with Crippen molar-refractivity contribution in [1.82, 2.24) is 15.3 Å². The van der Waals surface area contributed by atoms with Gasteiger partial charge in [0.05, 0.1) is 6.54 Å². The topological polar surface area (TPSA) is 84.1 Å². The maximum absolute atomic E-state index is 11.5. The van der Waals surface area contributed by atoms with Crippen LogP contribution in [0.3, 0.4) is 0 Å². The third-order valence-corrected chi connectivity index (χ3v) is 2.55. The van der Waals surface area contributed by atoms with Crippen LogP contribution in [0.5, 0.6) is 0 Å². The first-order chi connectivity index (χ1) is 8.10. The summed E-state index contributed by atoms with van der Waals surface area (Å²) < 4.78 is 0. The molecule has 0 aliphatic heterocycles. The van der Waals surface area contributed by atoms with Crippen molar-refractivity contribution in [3.8, 4) is 0 Å². The minimum Gasteiger partial charge on any atom is -0.382 e. The number of hydrogen-bond donors (Lipinski definition) is 2. The standard InChI is InChI=1S/C10H16ClN5O/c1-3-13-7(17)5-16(4-2)10-8(11)9(12)14-6-15-10/h6H,3-5H2,1-2H3,(H,13,17)(H2,12,14,15). The summed E-state index contributed by atoms with van der Waals surface area (Å²) in [5, 5.41) is 2.99. The molecule has 7 heteroatoms. The average molecular weight is 258 g/mol. The molecule has 0 bridgehead atoms. The molecule has 0 aromatic carbocycles. The Morgan fingerprint density at radius 2 is 2.24 bits per heavy atom. The normalized spacial score (nSPS) is 10.1. The van der Waals surface area contributed by atoms with Crippen LogP contribution in [0.25, 0.3) is 0 Å². The van der Waals surface area contributed by atoms with Crippen LogP contribution in [-0.4, -0.2) is 35.5 Å². The highest BCUT2D eigenvalue weighted by Gasteiger charge is 2.15. The van der Waals surface area contributed by atoms with Crippen LogP contribution in [0.2, 0.25) is 5.02 Å². The number of aromatic nitrogens is 2. The molecule has 0 spiro atoms. The van der Waals surface area contributed by atoms with Gasteiger partial charge in [-0.05, 0) is 13.8 Å². The zero-order valence-corrected chi connectivity index (χ0v) is 10.7. The third kappa shape index (κ3) is 3.45. The fourth-order valence-electron chi connectivity index (χ4n) is 1.36. The van der Waals surface area contributed by atoms with E-state index < -0.39 is 0 Å². The number of nitrogens with zero attached hydrogens (tertiary/aromatic N) is 3. The second-order valence-corrected chi connectivity index (χ2v) is 3.74. The van der Waals surface area contributed by atoms with Gasteiger partial charge in [0.2, 0.25) is 5.91 Å². The fourth-order valence-corrected chi connectivity index (χ4v) is 1.57. The SMILES string of the molecule is CCNC(=O)CN(CC)c1ncnc(N)c1Cl. The first-order valence-corrected chi connectivity index (χ1v) is 5.75. The Hall–Kier alpha value is -1.56. The van der Waals surface area contributed by atoms with Gasteiger partial charge in [0.1, 0.15) is 17.2 Å². The van der Waals surface area contributed by atoms with Crippen molar-refractivity contribution in [2.45, 2.75) is 13.8 Å². The van der Waals surface area contributed by atoms with Crippen molar-refractivity contribution in [1.29, 1.82) is 0 Å². The number of anilines is 2. The number of hydrogen-bond acceptors (Lipinski definition) is 5. The second-order valence-electron chi connectivity index (χ2n) is 3.36. The number of nitrogens with one attached hydrogen (secondary N) is 1. The van der Waals surface area contributed by atoms with Gasteiger partial charge in [0, 0.05) is 13.1 Å². The zero-order valence-electron chi connectivity index (χ0n) is 9.90. The Labute approximate surface area is 105 Å². The van der Waals surface area contributed by atoms with Crippen molar-refractivity contribution in [2.24, 2.45) is 0 Å². The van der Waals surface area contributed by atoms with Crippen molar-refractivity contribution in [3.63, 3.8) is 0 Å². The molecule has 1 rings (SSSR count). The van der Waals surface area contributed by atoms with E-state index in [2.05, 4.69) is 15.3 Å². The third-order valence-electron chi connectivity index (χ3n) is 2.19. The summed E-state index contributed by atoms with van der Waals surface area (Å²) in [5.74, 6) is 0.613. The molecule has 0 unspecified atom stereocenters. The molecule has 1 aromatic heterocycles. The van der Waals surface area contributed by atoms with Crippen LogP contribution >= 0.6 is 11.6 Å². The number of nitrogens with two attached hydrogens (primary N) is 1. The van der Waals surface area contributed by atoms with Crippen LogP contribution in [-0.2, 0) is 4.79 Å². The Balaban J connectivity index is 2.86. The minimum absolute atomic E-state index is 0.0809. The van der Waals surface area contributed by atoms with Crippen LogP contribution in [0.15, 0.2) is 6.33 Å². The molecular formula is C10H16ClN5O. The van der Waals surface area contributed by atoms with Gasteiger partial charge in [-0.15, -0.1) is 0 Å². The van der Waals surface area contributed by atoms with Crippen LogP contribution in [0.4, 0.5) is 11.6 Å². The van der Waals surface area contributed by atoms with Gasteiger partial charge < -0.3 is 16.0 Å². The molecule has 1 amide bonds. The van der Waals surface area contributed by atoms with Crippen LogP contribution in [0.1, 0.15) is 13.8 Å². The second kappa shape index (κ2) is 6.24. The van der Waals surface area contributed by atoms with Gasteiger partial charge in [0.15, 0.2) is 5.82 Å². The molecule has 3 N–H and O–H groups in total. The monoisotopic (exact) mass is 257 g/mol. The van der Waals surface area contributed by atoms with E-state index >= 15 is 0 Å². The highest BCUT2D eigenvalue weighted by molar-refractivity contribution is 6.35. The van der Waals surface area contributed by atoms with Gasteiger partial charge in [-0.3, -0.25) is 4.79 Å². The maximum Gasteiger partial charge on any atom is 0.239 e. The lowest BCUT2D eigenvalue weighted by molar-refractivity contribution is -0.119. The molecule has 1 heterocycles. The van der Waals surface area contributed by atoms with Crippen LogP contribution in [0, 0.1) is 0 Å². The van der Waals surface area contributed by atoms with E-state index in [0.717, 1.165) is 0 Å². The van der Waals surface area contributed by atoms with Crippen molar-refractivity contribution >= 4 is 29.1 Å². The molecule has 1 aromatic rings. The average Bonchev–Trinajstić information content (AvgIpc) is 2.30. The molecule has 0 aliphatic rings. The van der Waals surface area contributed by atoms with E-state index in [9.17, 15) is 4.79 Å². The summed E-state index contributed by atoms with van der Waals surface area (Å²) in [5.41, 5.74) is 5.59. The summed E-state index contributed by atoms with van der Waals surface area (Å²) in [6, 6.07) is 0. The number of likely N-dealkylation sites (N-methyl/N-ethyl adjacent to an activating group) is 2. The van der Waals surface area contributed by atoms with Gasteiger partial charge in [-0.25, -0.2) is 9.97 Å². The number of carbonyl (C=O) groups is 1.